The van der Waals surface area contributed by atoms with E-state index >= 15 is 0 Å². The summed E-state index contributed by atoms with van der Waals surface area (Å²) in [5.74, 6) is -0.635. The van der Waals surface area contributed by atoms with Gasteiger partial charge >= 0.3 is 5.97 Å². The fourth-order valence-corrected chi connectivity index (χ4v) is 6.25. The molecular weight excluding hydrogens is 551 g/mol. The molecule has 0 radical (unpaired) electrons. The third-order valence-corrected chi connectivity index (χ3v) is 8.77. The highest BCUT2D eigenvalue weighted by Crippen LogP contribution is 2.48. The molecule has 2 aromatic heterocycles. The van der Waals surface area contributed by atoms with Crippen molar-refractivity contribution in [3.05, 3.63) is 66.3 Å². The maximum Gasteiger partial charge on any atom is 0.347 e. The number of aromatic nitrogens is 2. The van der Waals surface area contributed by atoms with E-state index in [4.69, 9.17) is 23.2 Å². The summed E-state index contributed by atoms with van der Waals surface area (Å²) in [6, 6.07) is 7.84. The minimum Gasteiger partial charge on any atom is -0.477 e. The molecule has 33 heavy (non-hydrogen) atoms. The van der Waals surface area contributed by atoms with Crippen molar-refractivity contribution in [3.8, 4) is 0 Å². The van der Waals surface area contributed by atoms with E-state index in [1.807, 2.05) is 24.3 Å². The van der Waals surface area contributed by atoms with E-state index in [2.05, 4.69) is 36.1 Å². The molecule has 3 atom stereocenters. The highest BCUT2D eigenvalue weighted by Gasteiger charge is 2.57. The quantitative estimate of drug-likeness (QED) is 0.388. The van der Waals surface area contributed by atoms with E-state index in [1.165, 1.54) is 11.3 Å². The van der Waals surface area contributed by atoms with Gasteiger partial charge in [-0.05, 0) is 24.6 Å². The number of carboxylic acids is 1. The van der Waals surface area contributed by atoms with E-state index in [9.17, 15) is 14.7 Å². The number of aryl methyl sites for hydroxylation is 1. The third kappa shape index (κ3) is 4.27. The zero-order chi connectivity index (χ0) is 23.4. The molecule has 1 aliphatic heterocycles. The molecule has 2 fully saturated rings. The van der Waals surface area contributed by atoms with Gasteiger partial charge in [-0.1, -0.05) is 62.6 Å². The number of anilines is 1. The number of aromatic amines is 1. The number of nitrogens with one attached hydrogen (secondary N) is 2. The van der Waals surface area contributed by atoms with Gasteiger partial charge in [0.1, 0.15) is 10.6 Å². The number of rotatable bonds is 6. The summed E-state index contributed by atoms with van der Waals surface area (Å²) < 4.78 is 0.943. The second-order valence-corrected chi connectivity index (χ2v) is 11.0. The topological polar surface area (TPSA) is 98.3 Å². The van der Waals surface area contributed by atoms with Gasteiger partial charge in [0.2, 0.25) is 0 Å². The van der Waals surface area contributed by atoms with Crippen LogP contribution in [0.25, 0.3) is 0 Å². The molecule has 1 aromatic carbocycles. The number of amides is 1. The van der Waals surface area contributed by atoms with Crippen LogP contribution in [-0.2, 0) is 6.42 Å². The van der Waals surface area contributed by atoms with Gasteiger partial charge in [-0.2, -0.15) is 0 Å². The van der Waals surface area contributed by atoms with Gasteiger partial charge in [0.25, 0.3) is 5.91 Å². The lowest BCUT2D eigenvalue weighted by Gasteiger charge is -2.19. The molecule has 11 heteroatoms. The van der Waals surface area contributed by atoms with E-state index in [0.717, 1.165) is 23.1 Å². The van der Waals surface area contributed by atoms with Crippen molar-refractivity contribution in [2.45, 2.75) is 19.4 Å². The molecule has 3 N–H and O–H groups in total. The number of aromatic carboxylic acids is 1. The summed E-state index contributed by atoms with van der Waals surface area (Å²) in [5.41, 5.74) is 2.50. The molecule has 3 aromatic rings. The van der Waals surface area contributed by atoms with E-state index < -0.39 is 5.97 Å². The molecule has 1 saturated carbocycles. The fourth-order valence-electron chi connectivity index (χ4n) is 4.45. The number of carboxylic acid groups (broad SMARTS) is 1. The first kappa shape index (κ1) is 22.7. The number of carbonyl (C=O) groups is 2. The lowest BCUT2D eigenvalue weighted by Crippen LogP contribution is -2.34. The molecular formula is C22H19BrCl2N4O3S. The summed E-state index contributed by atoms with van der Waals surface area (Å²) >= 11 is 16.9. The summed E-state index contributed by atoms with van der Waals surface area (Å²) in [5, 5.41) is 14.0. The Morgan fingerprint density at radius 1 is 1.30 bits per heavy atom. The van der Waals surface area contributed by atoms with E-state index in [0.29, 0.717) is 39.8 Å². The van der Waals surface area contributed by atoms with Crippen molar-refractivity contribution in [3.63, 3.8) is 0 Å². The van der Waals surface area contributed by atoms with Crippen LogP contribution in [0.1, 0.15) is 37.1 Å². The van der Waals surface area contributed by atoms with Crippen molar-refractivity contribution >= 4 is 67.5 Å². The lowest BCUT2D eigenvalue weighted by atomic mass is 10.1. The Morgan fingerprint density at radius 3 is 2.64 bits per heavy atom. The average molecular weight is 570 g/mol. The predicted octanol–water partition coefficient (Wildman–Crippen LogP) is 5.00. The van der Waals surface area contributed by atoms with E-state index in [1.54, 1.807) is 6.92 Å². The van der Waals surface area contributed by atoms with Crippen molar-refractivity contribution in [2.24, 2.45) is 11.8 Å². The van der Waals surface area contributed by atoms with Crippen LogP contribution in [0.4, 0.5) is 5.13 Å². The maximum atomic E-state index is 12.6. The van der Waals surface area contributed by atoms with Crippen LogP contribution in [0.2, 0.25) is 10.0 Å². The summed E-state index contributed by atoms with van der Waals surface area (Å²) in [6.45, 7) is 3.20. The number of hydrogen-bond acceptors (Lipinski definition) is 5. The zero-order valence-electron chi connectivity index (χ0n) is 17.4. The summed E-state index contributed by atoms with van der Waals surface area (Å²) in [6.07, 6.45) is 0.454. The van der Waals surface area contributed by atoms with E-state index in [-0.39, 0.29) is 27.5 Å². The number of nitrogens with zero attached hydrogens (tertiary/aromatic N) is 2. The minimum atomic E-state index is -0.963. The van der Waals surface area contributed by atoms with Crippen molar-refractivity contribution in [1.82, 2.24) is 15.3 Å². The second-order valence-electron chi connectivity index (χ2n) is 8.37. The second kappa shape index (κ2) is 8.61. The molecule has 1 aliphatic carbocycles. The Hall–Kier alpha value is -2.07. The van der Waals surface area contributed by atoms with Crippen molar-refractivity contribution < 1.29 is 14.7 Å². The van der Waals surface area contributed by atoms with Crippen LogP contribution < -0.4 is 10.2 Å². The van der Waals surface area contributed by atoms with Crippen LogP contribution in [-0.4, -0.2) is 46.1 Å². The molecule has 1 amide bonds. The maximum absolute atomic E-state index is 12.6. The lowest BCUT2D eigenvalue weighted by molar-refractivity contribution is 0.0700. The highest BCUT2D eigenvalue weighted by atomic mass is 79.9. The number of benzene rings is 1. The molecule has 3 heterocycles. The largest absolute Gasteiger partial charge is 0.477 e. The van der Waals surface area contributed by atoms with Crippen molar-refractivity contribution in [2.75, 3.05) is 18.0 Å². The first-order chi connectivity index (χ1) is 15.7. The molecule has 0 bridgehead atoms. The summed E-state index contributed by atoms with van der Waals surface area (Å²) in [7, 11) is 0. The highest BCUT2D eigenvalue weighted by molar-refractivity contribution is 9.10. The molecule has 7 nitrogen and oxygen atoms in total. The number of thiazole rings is 1. The van der Waals surface area contributed by atoms with Gasteiger partial charge < -0.3 is 20.3 Å². The number of hydrogen-bond donors (Lipinski definition) is 3. The Kier molecular flexibility index (Phi) is 5.93. The Bertz CT molecular complexity index is 1260. The Balaban J connectivity index is 1.25. The standard InChI is InChI=1S/C22H19BrCl2N4O3S/c1-9-15(24)16(25)18(26-9)20(30)28-17-12-7-29(8-13(12)17)22-27-14(19(33-22)21(31)32)6-10-3-2-4-11(23)5-10/h2-5,12-13,17,26H,6-8H2,1H3,(H,28,30)(H,31,32)/t12-,13+,17+. The van der Waals surface area contributed by atoms with Gasteiger partial charge in [-0.15, -0.1) is 0 Å². The van der Waals surface area contributed by atoms with Gasteiger partial charge in [0, 0.05) is 47.6 Å². The molecule has 172 valence electrons. The number of piperidine rings is 1. The van der Waals surface area contributed by atoms with Crippen LogP contribution in [0.3, 0.4) is 0 Å². The third-order valence-electron chi connectivity index (χ3n) is 6.18. The molecule has 5 rings (SSSR count). The Morgan fingerprint density at radius 2 is 2.03 bits per heavy atom. The smallest absolute Gasteiger partial charge is 0.347 e. The minimum absolute atomic E-state index is 0.0623. The Labute approximate surface area is 212 Å². The molecule has 0 unspecified atom stereocenters. The first-order valence-corrected chi connectivity index (χ1v) is 12.7. The molecule has 2 aliphatic rings. The average Bonchev–Trinajstić information content (AvgIpc) is 3.12. The van der Waals surface area contributed by atoms with Gasteiger partial charge in [0.05, 0.1) is 15.7 Å². The van der Waals surface area contributed by atoms with Gasteiger partial charge in [-0.25, -0.2) is 9.78 Å². The summed E-state index contributed by atoms with van der Waals surface area (Å²) in [4.78, 5) is 34.4. The zero-order valence-corrected chi connectivity index (χ0v) is 21.3. The van der Waals surface area contributed by atoms with Crippen molar-refractivity contribution in [1.29, 1.82) is 0 Å². The SMILES string of the molecule is Cc1[nH]c(C(=O)N[C@H]2[C@@H]3CN(c4nc(Cc5cccc(Br)c5)c(C(=O)O)s4)C[C@@H]32)c(Cl)c1Cl. The number of fused-ring (bicyclic) bond motifs is 1. The fraction of sp³-hybridized carbons (Fsp3) is 0.318. The van der Waals surface area contributed by atoms with Gasteiger partial charge in [-0.3, -0.25) is 4.79 Å². The normalized spacial score (nSPS) is 21.2. The molecule has 0 spiro atoms. The number of halogens is 3. The number of carbonyl (C=O) groups excluding carboxylic acids is 1. The van der Waals surface area contributed by atoms with Crippen LogP contribution >= 0.6 is 50.5 Å². The number of H-pyrrole nitrogens is 1. The molecule has 1 saturated heterocycles. The predicted molar refractivity (Wildman–Crippen MR) is 132 cm³/mol. The first-order valence-electron chi connectivity index (χ1n) is 10.3. The van der Waals surface area contributed by atoms with Crippen LogP contribution in [0, 0.1) is 18.8 Å². The van der Waals surface area contributed by atoms with Crippen LogP contribution in [0.5, 0.6) is 0 Å². The monoisotopic (exact) mass is 568 g/mol. The van der Waals surface area contributed by atoms with Gasteiger partial charge in [0.15, 0.2) is 5.13 Å². The van der Waals surface area contributed by atoms with Crippen LogP contribution in [0.15, 0.2) is 28.7 Å².